The average Bonchev–Trinajstić information content (AvgIpc) is 1.97. The van der Waals surface area contributed by atoms with Gasteiger partial charge in [0.15, 0.2) is 0 Å². The van der Waals surface area contributed by atoms with Crippen molar-refractivity contribution in [2.75, 3.05) is 0 Å². The Hall–Kier alpha value is -0.990. The van der Waals surface area contributed by atoms with Crippen molar-refractivity contribution in [1.82, 2.24) is 0 Å². The number of rotatable bonds is 1. The lowest BCUT2D eigenvalue weighted by molar-refractivity contribution is 0.149. The van der Waals surface area contributed by atoms with Gasteiger partial charge in [-0.1, -0.05) is 6.07 Å². The first-order valence-corrected chi connectivity index (χ1v) is 3.57. The number of halogens is 3. The monoisotopic (exact) mass is 174 g/mol. The molecule has 0 bridgehead atoms. The molecular formula is C9H9F3. The first-order chi connectivity index (χ1) is 5.54. The molecule has 0 fully saturated rings. The van der Waals surface area contributed by atoms with E-state index in [1.807, 2.05) is 0 Å². The van der Waals surface area contributed by atoms with Crippen molar-refractivity contribution in [3.05, 3.63) is 34.6 Å². The van der Waals surface area contributed by atoms with Crippen LogP contribution in [0.1, 0.15) is 23.1 Å². The number of hydrogen-bond acceptors (Lipinski definition) is 0. The Labute approximate surface area is 69.0 Å². The minimum Gasteiger partial charge on any atom is -0.207 e. The lowest BCUT2D eigenvalue weighted by Gasteiger charge is -2.08. The van der Waals surface area contributed by atoms with E-state index in [1.165, 1.54) is 19.1 Å². The average molecular weight is 174 g/mol. The molecule has 1 aromatic rings. The van der Waals surface area contributed by atoms with Crippen LogP contribution in [0.25, 0.3) is 0 Å². The van der Waals surface area contributed by atoms with E-state index < -0.39 is 12.2 Å². The van der Waals surface area contributed by atoms with Crippen LogP contribution in [0, 0.1) is 19.7 Å². The molecule has 0 unspecified atom stereocenters. The number of aryl methyl sites for hydroxylation is 1. The summed E-state index contributed by atoms with van der Waals surface area (Å²) in [6, 6.07) is 2.57. The van der Waals surface area contributed by atoms with Crippen molar-refractivity contribution in [1.29, 1.82) is 0 Å². The number of alkyl halides is 2. The van der Waals surface area contributed by atoms with Gasteiger partial charge in [-0.05, 0) is 31.0 Å². The summed E-state index contributed by atoms with van der Waals surface area (Å²) in [5.74, 6) is -0.573. The van der Waals surface area contributed by atoms with Crippen molar-refractivity contribution >= 4 is 0 Å². The highest BCUT2D eigenvalue weighted by atomic mass is 19.3. The molecule has 0 atom stereocenters. The third kappa shape index (κ3) is 1.44. The molecule has 0 heterocycles. The van der Waals surface area contributed by atoms with E-state index in [1.54, 1.807) is 6.92 Å². The van der Waals surface area contributed by atoms with Gasteiger partial charge in [0.05, 0.1) is 0 Å². The maximum atomic E-state index is 12.8. The molecule has 0 aliphatic carbocycles. The molecule has 0 saturated carbocycles. The Morgan fingerprint density at radius 1 is 1.17 bits per heavy atom. The number of hydrogen-bond donors (Lipinski definition) is 0. The van der Waals surface area contributed by atoms with Crippen molar-refractivity contribution in [2.24, 2.45) is 0 Å². The summed E-state index contributed by atoms with van der Waals surface area (Å²) in [5, 5.41) is 0. The first-order valence-electron chi connectivity index (χ1n) is 3.57. The summed E-state index contributed by atoms with van der Waals surface area (Å²) in [6.07, 6.45) is -2.60. The highest BCUT2D eigenvalue weighted by Crippen LogP contribution is 2.27. The molecule has 66 valence electrons. The lowest BCUT2D eigenvalue weighted by Crippen LogP contribution is -1.96. The molecule has 0 radical (unpaired) electrons. The van der Waals surface area contributed by atoms with E-state index >= 15 is 0 Å². The smallest absolute Gasteiger partial charge is 0.207 e. The molecule has 0 aliphatic heterocycles. The van der Waals surface area contributed by atoms with Crippen LogP contribution in [-0.2, 0) is 0 Å². The van der Waals surface area contributed by atoms with Crippen molar-refractivity contribution in [3.8, 4) is 0 Å². The largest absolute Gasteiger partial charge is 0.264 e. The van der Waals surface area contributed by atoms with Gasteiger partial charge in [0.2, 0.25) is 0 Å². The Morgan fingerprint density at radius 3 is 2.17 bits per heavy atom. The van der Waals surface area contributed by atoms with Gasteiger partial charge in [0.1, 0.15) is 5.82 Å². The Balaban J connectivity index is 3.33. The van der Waals surface area contributed by atoms with Gasteiger partial charge in [0, 0.05) is 5.56 Å². The van der Waals surface area contributed by atoms with Crippen LogP contribution in [0.3, 0.4) is 0 Å². The summed E-state index contributed by atoms with van der Waals surface area (Å²) in [6.45, 7) is 2.91. The van der Waals surface area contributed by atoms with E-state index in [4.69, 9.17) is 0 Å². The molecule has 12 heavy (non-hydrogen) atoms. The van der Waals surface area contributed by atoms with Crippen LogP contribution in [0.15, 0.2) is 12.1 Å². The maximum absolute atomic E-state index is 12.8. The van der Waals surface area contributed by atoms with Crippen LogP contribution in [-0.4, -0.2) is 0 Å². The van der Waals surface area contributed by atoms with Gasteiger partial charge < -0.3 is 0 Å². The van der Waals surface area contributed by atoms with Gasteiger partial charge in [-0.3, -0.25) is 0 Å². The quantitative estimate of drug-likeness (QED) is 0.612. The summed E-state index contributed by atoms with van der Waals surface area (Å²) < 4.78 is 37.4. The predicted octanol–water partition coefficient (Wildman–Crippen LogP) is 3.38. The van der Waals surface area contributed by atoms with Gasteiger partial charge in [0.25, 0.3) is 6.43 Å². The van der Waals surface area contributed by atoms with Gasteiger partial charge in [-0.2, -0.15) is 0 Å². The van der Waals surface area contributed by atoms with E-state index in [0.29, 0.717) is 5.56 Å². The summed E-state index contributed by atoms with van der Waals surface area (Å²) >= 11 is 0. The molecule has 0 aliphatic rings. The minimum absolute atomic E-state index is 0.0463. The van der Waals surface area contributed by atoms with Crippen LogP contribution >= 0.6 is 0 Å². The molecule has 0 spiro atoms. The molecule has 3 heteroatoms. The predicted molar refractivity (Wildman–Crippen MR) is 40.8 cm³/mol. The van der Waals surface area contributed by atoms with E-state index in [9.17, 15) is 13.2 Å². The molecule has 0 saturated heterocycles. The van der Waals surface area contributed by atoms with Crippen molar-refractivity contribution in [3.63, 3.8) is 0 Å². The van der Waals surface area contributed by atoms with E-state index in [2.05, 4.69) is 0 Å². The SMILES string of the molecule is Cc1ccc(F)c(C)c1C(F)F. The zero-order valence-corrected chi connectivity index (χ0v) is 6.87. The summed E-state index contributed by atoms with van der Waals surface area (Å²) in [7, 11) is 0. The molecule has 1 rings (SSSR count). The molecule has 0 amide bonds. The third-order valence-corrected chi connectivity index (χ3v) is 1.88. The highest BCUT2D eigenvalue weighted by molar-refractivity contribution is 5.35. The van der Waals surface area contributed by atoms with Crippen molar-refractivity contribution in [2.45, 2.75) is 20.3 Å². The third-order valence-electron chi connectivity index (χ3n) is 1.88. The second-order valence-corrected chi connectivity index (χ2v) is 2.70. The second-order valence-electron chi connectivity index (χ2n) is 2.70. The van der Waals surface area contributed by atoms with Crippen molar-refractivity contribution < 1.29 is 13.2 Å². The van der Waals surface area contributed by atoms with E-state index in [-0.39, 0.29) is 11.1 Å². The number of benzene rings is 1. The fraction of sp³-hybridized carbons (Fsp3) is 0.333. The van der Waals surface area contributed by atoms with Crippen LogP contribution in [0.4, 0.5) is 13.2 Å². The van der Waals surface area contributed by atoms with Gasteiger partial charge >= 0.3 is 0 Å². The standard InChI is InChI=1S/C9H9F3/c1-5-3-4-7(10)6(2)8(5)9(11)12/h3-4,9H,1-2H3. The zero-order valence-electron chi connectivity index (χ0n) is 6.87. The summed E-state index contributed by atoms with van der Waals surface area (Å²) in [5.41, 5.74) is 0.295. The normalized spacial score (nSPS) is 10.8. The molecule has 0 nitrogen and oxygen atoms in total. The minimum atomic E-state index is -2.60. The van der Waals surface area contributed by atoms with E-state index in [0.717, 1.165) is 0 Å². The molecule has 1 aromatic carbocycles. The highest BCUT2D eigenvalue weighted by Gasteiger charge is 2.15. The Morgan fingerprint density at radius 2 is 1.75 bits per heavy atom. The zero-order chi connectivity index (χ0) is 9.30. The fourth-order valence-electron chi connectivity index (χ4n) is 1.17. The summed E-state index contributed by atoms with van der Waals surface area (Å²) in [4.78, 5) is 0. The lowest BCUT2D eigenvalue weighted by atomic mass is 10.0. The first kappa shape index (κ1) is 9.10. The van der Waals surface area contributed by atoms with Crippen LogP contribution < -0.4 is 0 Å². The van der Waals surface area contributed by atoms with Crippen LogP contribution in [0.2, 0.25) is 0 Å². The van der Waals surface area contributed by atoms with Gasteiger partial charge in [-0.25, -0.2) is 13.2 Å². The van der Waals surface area contributed by atoms with Crippen LogP contribution in [0.5, 0.6) is 0 Å². The maximum Gasteiger partial charge on any atom is 0.264 e. The molecule has 0 N–H and O–H groups in total. The second kappa shape index (κ2) is 3.17. The topological polar surface area (TPSA) is 0 Å². The Bertz CT molecular complexity index is 292. The van der Waals surface area contributed by atoms with Gasteiger partial charge in [-0.15, -0.1) is 0 Å². The Kier molecular flexibility index (Phi) is 2.40. The molecular weight excluding hydrogens is 165 g/mol. The molecule has 0 aromatic heterocycles. The fourth-order valence-corrected chi connectivity index (χ4v) is 1.17.